The normalized spacial score (nSPS) is 13.3. The zero-order chi connectivity index (χ0) is 14.3. The van der Waals surface area contributed by atoms with Crippen molar-refractivity contribution in [3.05, 3.63) is 29.8 Å². The van der Waals surface area contributed by atoms with Crippen LogP contribution in [0.2, 0.25) is 0 Å². The number of methoxy groups -OCH3 is 1. The fraction of sp³-hybridized carbons (Fsp3) is 0.647. The molecule has 0 saturated carbocycles. The lowest BCUT2D eigenvalue weighted by Gasteiger charge is -2.32. The lowest BCUT2D eigenvalue weighted by atomic mass is 9.83. The maximum absolute atomic E-state index is 5.19. The van der Waals surface area contributed by atoms with Crippen LogP contribution in [0.1, 0.15) is 46.1 Å². The second kappa shape index (κ2) is 7.54. The molecule has 1 atom stereocenters. The molecule has 0 aliphatic rings. The molecular weight excluding hydrogens is 234 g/mol. The van der Waals surface area contributed by atoms with Gasteiger partial charge in [-0.15, -0.1) is 0 Å². The first-order valence-corrected chi connectivity index (χ1v) is 7.33. The van der Waals surface area contributed by atoms with Gasteiger partial charge in [-0.3, -0.25) is 0 Å². The Bertz CT molecular complexity index is 351. The molecule has 1 rings (SSSR count). The predicted molar refractivity (Wildman–Crippen MR) is 82.9 cm³/mol. The Morgan fingerprint density at radius 3 is 2.26 bits per heavy atom. The summed E-state index contributed by atoms with van der Waals surface area (Å²) in [5.41, 5.74) is 1.69. The predicted octanol–water partition coefficient (Wildman–Crippen LogP) is 4.04. The Morgan fingerprint density at radius 2 is 1.79 bits per heavy atom. The lowest BCUT2D eigenvalue weighted by Crippen LogP contribution is -2.41. The summed E-state index contributed by atoms with van der Waals surface area (Å²) < 4.78 is 5.19. The van der Waals surface area contributed by atoms with Crippen LogP contribution in [-0.4, -0.2) is 19.7 Å². The van der Waals surface area contributed by atoms with Gasteiger partial charge < -0.3 is 10.1 Å². The molecule has 0 spiro atoms. The summed E-state index contributed by atoms with van der Waals surface area (Å²) >= 11 is 0. The number of benzene rings is 1. The van der Waals surface area contributed by atoms with E-state index in [-0.39, 0.29) is 0 Å². The minimum absolute atomic E-state index is 0.307. The molecule has 0 heterocycles. The monoisotopic (exact) mass is 263 g/mol. The lowest BCUT2D eigenvalue weighted by molar-refractivity contribution is 0.255. The van der Waals surface area contributed by atoms with E-state index in [1.54, 1.807) is 7.11 Å². The summed E-state index contributed by atoms with van der Waals surface area (Å²) in [5.74, 6) is 0.931. The first-order valence-electron chi connectivity index (χ1n) is 7.33. The molecule has 0 amide bonds. The van der Waals surface area contributed by atoms with Gasteiger partial charge in [0.1, 0.15) is 5.75 Å². The molecule has 2 nitrogen and oxygen atoms in total. The van der Waals surface area contributed by atoms with Crippen LogP contribution in [0.5, 0.6) is 5.75 Å². The fourth-order valence-corrected chi connectivity index (χ4v) is 2.26. The summed E-state index contributed by atoms with van der Waals surface area (Å²) in [6.07, 6.45) is 3.48. The minimum atomic E-state index is 0.307. The minimum Gasteiger partial charge on any atom is -0.497 e. The standard InChI is InChI=1S/C17H29NO/c1-6-13-18-16(17(2,3)4)12-9-14-7-10-15(19-5)11-8-14/h7-8,10-11,16,18H,6,9,12-13H2,1-5H3. The first-order chi connectivity index (χ1) is 8.97. The average Bonchev–Trinajstić information content (AvgIpc) is 2.38. The van der Waals surface area contributed by atoms with Crippen molar-refractivity contribution >= 4 is 0 Å². The Kier molecular flexibility index (Phi) is 6.36. The molecular formula is C17H29NO. The zero-order valence-corrected chi connectivity index (χ0v) is 13.1. The van der Waals surface area contributed by atoms with Crippen LogP contribution in [-0.2, 0) is 6.42 Å². The third-order valence-corrected chi connectivity index (χ3v) is 3.57. The van der Waals surface area contributed by atoms with Gasteiger partial charge >= 0.3 is 0 Å². The summed E-state index contributed by atoms with van der Waals surface area (Å²) in [6, 6.07) is 8.98. The molecule has 19 heavy (non-hydrogen) atoms. The molecule has 0 aromatic heterocycles. The van der Waals surface area contributed by atoms with E-state index < -0.39 is 0 Å². The number of ether oxygens (including phenoxy) is 1. The number of aryl methyl sites for hydroxylation is 1. The molecule has 0 fully saturated rings. The van der Waals surface area contributed by atoms with Crippen molar-refractivity contribution in [1.29, 1.82) is 0 Å². The van der Waals surface area contributed by atoms with E-state index in [2.05, 4.69) is 45.1 Å². The summed E-state index contributed by atoms with van der Waals surface area (Å²) in [7, 11) is 1.71. The maximum Gasteiger partial charge on any atom is 0.118 e. The Morgan fingerprint density at radius 1 is 1.16 bits per heavy atom. The number of hydrogen-bond acceptors (Lipinski definition) is 2. The van der Waals surface area contributed by atoms with Crippen molar-refractivity contribution in [2.45, 2.75) is 53.0 Å². The first kappa shape index (κ1) is 16.0. The van der Waals surface area contributed by atoms with Crippen LogP contribution in [0, 0.1) is 5.41 Å². The van der Waals surface area contributed by atoms with Crippen LogP contribution < -0.4 is 10.1 Å². The molecule has 1 aromatic rings. The summed E-state index contributed by atoms with van der Waals surface area (Å²) in [5, 5.41) is 3.68. The third kappa shape index (κ3) is 5.65. The van der Waals surface area contributed by atoms with Crippen molar-refractivity contribution in [3.8, 4) is 5.75 Å². The van der Waals surface area contributed by atoms with E-state index >= 15 is 0 Å². The van der Waals surface area contributed by atoms with Crippen molar-refractivity contribution in [2.75, 3.05) is 13.7 Å². The van der Waals surface area contributed by atoms with Gasteiger partial charge in [0.25, 0.3) is 0 Å². The summed E-state index contributed by atoms with van der Waals surface area (Å²) in [6.45, 7) is 10.3. The van der Waals surface area contributed by atoms with Crippen molar-refractivity contribution in [2.24, 2.45) is 5.41 Å². The van der Waals surface area contributed by atoms with E-state index in [0.717, 1.165) is 18.7 Å². The molecule has 1 unspecified atom stereocenters. The Hall–Kier alpha value is -1.02. The van der Waals surface area contributed by atoms with Crippen LogP contribution in [0.15, 0.2) is 24.3 Å². The largest absolute Gasteiger partial charge is 0.497 e. The zero-order valence-electron chi connectivity index (χ0n) is 13.1. The number of nitrogens with one attached hydrogen (secondary N) is 1. The molecule has 108 valence electrons. The highest BCUT2D eigenvalue weighted by Gasteiger charge is 2.23. The van der Waals surface area contributed by atoms with E-state index in [0.29, 0.717) is 11.5 Å². The van der Waals surface area contributed by atoms with Crippen molar-refractivity contribution in [1.82, 2.24) is 5.32 Å². The van der Waals surface area contributed by atoms with Crippen LogP contribution in [0.25, 0.3) is 0 Å². The fourth-order valence-electron chi connectivity index (χ4n) is 2.26. The van der Waals surface area contributed by atoms with Crippen LogP contribution in [0.3, 0.4) is 0 Å². The molecule has 1 N–H and O–H groups in total. The SMILES string of the molecule is CCCNC(CCc1ccc(OC)cc1)C(C)(C)C. The van der Waals surface area contributed by atoms with Gasteiger partial charge in [-0.25, -0.2) is 0 Å². The van der Waals surface area contributed by atoms with Gasteiger partial charge in [-0.2, -0.15) is 0 Å². The molecule has 2 heteroatoms. The van der Waals surface area contributed by atoms with Crippen LogP contribution in [0.4, 0.5) is 0 Å². The number of hydrogen-bond donors (Lipinski definition) is 1. The highest BCUT2D eigenvalue weighted by Crippen LogP contribution is 2.23. The molecule has 0 saturated heterocycles. The van der Waals surface area contributed by atoms with E-state index in [4.69, 9.17) is 4.74 Å². The molecule has 0 aliphatic heterocycles. The average molecular weight is 263 g/mol. The van der Waals surface area contributed by atoms with Crippen molar-refractivity contribution in [3.63, 3.8) is 0 Å². The number of rotatable bonds is 7. The van der Waals surface area contributed by atoms with Gasteiger partial charge in [-0.05, 0) is 48.9 Å². The van der Waals surface area contributed by atoms with Gasteiger partial charge in [-0.1, -0.05) is 39.8 Å². The van der Waals surface area contributed by atoms with Crippen molar-refractivity contribution < 1.29 is 4.74 Å². The molecule has 0 aliphatic carbocycles. The third-order valence-electron chi connectivity index (χ3n) is 3.57. The Balaban J connectivity index is 2.54. The molecule has 1 aromatic carbocycles. The van der Waals surface area contributed by atoms with Gasteiger partial charge in [0.2, 0.25) is 0 Å². The quantitative estimate of drug-likeness (QED) is 0.801. The maximum atomic E-state index is 5.19. The van der Waals surface area contributed by atoms with E-state index in [1.165, 1.54) is 18.4 Å². The topological polar surface area (TPSA) is 21.3 Å². The second-order valence-corrected chi connectivity index (χ2v) is 6.26. The highest BCUT2D eigenvalue weighted by atomic mass is 16.5. The van der Waals surface area contributed by atoms with Gasteiger partial charge in [0.05, 0.1) is 7.11 Å². The molecule has 0 bridgehead atoms. The van der Waals surface area contributed by atoms with E-state index in [1.807, 2.05) is 12.1 Å². The van der Waals surface area contributed by atoms with Crippen LogP contribution >= 0.6 is 0 Å². The second-order valence-electron chi connectivity index (χ2n) is 6.26. The highest BCUT2D eigenvalue weighted by molar-refractivity contribution is 5.27. The Labute approximate surface area is 118 Å². The summed E-state index contributed by atoms with van der Waals surface area (Å²) in [4.78, 5) is 0. The van der Waals surface area contributed by atoms with E-state index in [9.17, 15) is 0 Å². The van der Waals surface area contributed by atoms with Gasteiger partial charge in [0.15, 0.2) is 0 Å². The van der Waals surface area contributed by atoms with Gasteiger partial charge in [0, 0.05) is 6.04 Å². The smallest absolute Gasteiger partial charge is 0.118 e. The molecule has 0 radical (unpaired) electrons.